The van der Waals surface area contributed by atoms with Gasteiger partial charge >= 0.3 is 0 Å². The van der Waals surface area contributed by atoms with E-state index in [1.54, 1.807) is 14.1 Å². The molecular formula is C9H8BrClFNO. The average molecular weight is 281 g/mol. The van der Waals surface area contributed by atoms with Gasteiger partial charge in [-0.15, -0.1) is 0 Å². The van der Waals surface area contributed by atoms with Gasteiger partial charge < -0.3 is 4.90 Å². The fourth-order valence-corrected chi connectivity index (χ4v) is 1.41. The van der Waals surface area contributed by atoms with E-state index < -0.39 is 11.7 Å². The van der Waals surface area contributed by atoms with Crippen LogP contribution in [0.2, 0.25) is 5.02 Å². The number of rotatable bonds is 1. The third kappa shape index (κ3) is 2.25. The van der Waals surface area contributed by atoms with E-state index in [1.807, 2.05) is 0 Å². The van der Waals surface area contributed by atoms with Crippen LogP contribution in [0.25, 0.3) is 0 Å². The zero-order valence-corrected chi connectivity index (χ0v) is 9.99. The number of carbonyl (C=O) groups is 1. The van der Waals surface area contributed by atoms with Crippen LogP contribution < -0.4 is 0 Å². The van der Waals surface area contributed by atoms with Crippen molar-refractivity contribution in [2.75, 3.05) is 14.1 Å². The number of hydrogen-bond donors (Lipinski definition) is 0. The summed E-state index contributed by atoms with van der Waals surface area (Å²) >= 11 is 8.82. The maximum Gasteiger partial charge on any atom is 0.256 e. The first-order chi connectivity index (χ1) is 6.43. The van der Waals surface area contributed by atoms with Gasteiger partial charge in [-0.2, -0.15) is 0 Å². The molecule has 5 heteroatoms. The maximum absolute atomic E-state index is 13.3. The second-order valence-corrected chi connectivity index (χ2v) is 4.21. The van der Waals surface area contributed by atoms with Crippen molar-refractivity contribution < 1.29 is 9.18 Å². The van der Waals surface area contributed by atoms with Gasteiger partial charge in [0.15, 0.2) is 0 Å². The molecule has 1 aromatic carbocycles. The average Bonchev–Trinajstić information content (AvgIpc) is 2.10. The molecule has 0 bridgehead atoms. The highest BCUT2D eigenvalue weighted by molar-refractivity contribution is 9.10. The molecule has 1 aromatic rings. The lowest BCUT2D eigenvalue weighted by atomic mass is 10.2. The van der Waals surface area contributed by atoms with E-state index in [2.05, 4.69) is 15.9 Å². The van der Waals surface area contributed by atoms with Crippen molar-refractivity contribution in [2.24, 2.45) is 0 Å². The Morgan fingerprint density at radius 3 is 2.57 bits per heavy atom. The van der Waals surface area contributed by atoms with Crippen molar-refractivity contribution in [1.29, 1.82) is 0 Å². The molecule has 0 radical (unpaired) electrons. The molecule has 0 saturated carbocycles. The first-order valence-electron chi connectivity index (χ1n) is 3.79. The highest BCUT2D eigenvalue weighted by Crippen LogP contribution is 2.26. The van der Waals surface area contributed by atoms with Crippen LogP contribution >= 0.6 is 27.5 Å². The molecule has 14 heavy (non-hydrogen) atoms. The van der Waals surface area contributed by atoms with Crippen LogP contribution in [0.3, 0.4) is 0 Å². The van der Waals surface area contributed by atoms with E-state index >= 15 is 0 Å². The van der Waals surface area contributed by atoms with Crippen LogP contribution in [0.5, 0.6) is 0 Å². The van der Waals surface area contributed by atoms with Gasteiger partial charge in [0.1, 0.15) is 5.82 Å². The summed E-state index contributed by atoms with van der Waals surface area (Å²) in [5.74, 6) is -0.989. The third-order valence-electron chi connectivity index (χ3n) is 1.65. The van der Waals surface area contributed by atoms with Crippen molar-refractivity contribution in [3.05, 3.63) is 33.0 Å². The van der Waals surface area contributed by atoms with Crippen molar-refractivity contribution in [3.63, 3.8) is 0 Å². The van der Waals surface area contributed by atoms with E-state index in [-0.39, 0.29) is 5.56 Å². The monoisotopic (exact) mass is 279 g/mol. The van der Waals surface area contributed by atoms with Crippen molar-refractivity contribution >= 4 is 33.4 Å². The number of nitrogens with zero attached hydrogens (tertiary/aromatic N) is 1. The fraction of sp³-hybridized carbons (Fsp3) is 0.222. The van der Waals surface area contributed by atoms with Gasteiger partial charge in [-0.25, -0.2) is 4.39 Å². The molecule has 1 amide bonds. The molecule has 0 aromatic heterocycles. The van der Waals surface area contributed by atoms with Crippen LogP contribution in [0.4, 0.5) is 4.39 Å². The Morgan fingerprint density at radius 2 is 2.07 bits per heavy atom. The smallest absolute Gasteiger partial charge is 0.256 e. The Balaban J connectivity index is 3.22. The van der Waals surface area contributed by atoms with E-state index in [0.29, 0.717) is 9.50 Å². The lowest BCUT2D eigenvalue weighted by molar-refractivity contribution is 0.0823. The Labute approximate surface area is 94.8 Å². The minimum Gasteiger partial charge on any atom is -0.345 e. The fourth-order valence-electron chi connectivity index (χ4n) is 0.927. The lowest BCUT2D eigenvalue weighted by Gasteiger charge is -2.11. The van der Waals surface area contributed by atoms with E-state index in [4.69, 9.17) is 11.6 Å². The van der Waals surface area contributed by atoms with Crippen LogP contribution in [-0.4, -0.2) is 24.9 Å². The second-order valence-electron chi connectivity index (χ2n) is 2.95. The van der Waals surface area contributed by atoms with Gasteiger partial charge in [0.05, 0.1) is 10.6 Å². The molecule has 0 aliphatic heterocycles. The zero-order chi connectivity index (χ0) is 10.9. The van der Waals surface area contributed by atoms with Gasteiger partial charge in [0.25, 0.3) is 5.91 Å². The summed E-state index contributed by atoms with van der Waals surface area (Å²) in [5.41, 5.74) is -0.0248. The number of carbonyl (C=O) groups excluding carboxylic acids is 1. The molecule has 0 saturated heterocycles. The summed E-state index contributed by atoms with van der Waals surface area (Å²) in [6, 6.07) is 2.49. The predicted octanol–water partition coefficient (Wildman–Crippen LogP) is 2.94. The molecule has 0 atom stereocenters. The lowest BCUT2D eigenvalue weighted by Crippen LogP contribution is -2.22. The van der Waals surface area contributed by atoms with Crippen LogP contribution in [0.1, 0.15) is 10.4 Å². The first kappa shape index (κ1) is 11.5. The summed E-state index contributed by atoms with van der Waals surface area (Å²) in [7, 11) is 3.11. The Bertz CT molecular complexity index is 381. The first-order valence-corrected chi connectivity index (χ1v) is 4.96. The van der Waals surface area contributed by atoms with Crippen molar-refractivity contribution in [1.82, 2.24) is 4.90 Å². The van der Waals surface area contributed by atoms with Gasteiger partial charge in [-0.3, -0.25) is 4.79 Å². The zero-order valence-electron chi connectivity index (χ0n) is 7.64. The number of benzene rings is 1. The van der Waals surface area contributed by atoms with E-state index in [1.165, 1.54) is 17.0 Å². The third-order valence-corrected chi connectivity index (χ3v) is 2.84. The number of halogens is 3. The Hall–Kier alpha value is -0.610. The van der Waals surface area contributed by atoms with Crippen molar-refractivity contribution in [3.8, 4) is 0 Å². The highest BCUT2D eigenvalue weighted by Gasteiger charge is 2.15. The molecule has 0 fully saturated rings. The second kappa shape index (κ2) is 4.28. The summed E-state index contributed by atoms with van der Waals surface area (Å²) in [4.78, 5) is 12.7. The van der Waals surface area contributed by atoms with E-state index in [9.17, 15) is 9.18 Å². The molecule has 0 N–H and O–H groups in total. The number of amides is 1. The van der Waals surface area contributed by atoms with Crippen LogP contribution in [0, 0.1) is 5.82 Å². The molecule has 0 aliphatic rings. The predicted molar refractivity (Wildman–Crippen MR) is 57.1 cm³/mol. The minimum absolute atomic E-state index is 0.0248. The largest absolute Gasteiger partial charge is 0.345 e. The molecule has 76 valence electrons. The summed E-state index contributed by atoms with van der Waals surface area (Å²) in [6.07, 6.45) is 0. The molecule has 0 unspecified atom stereocenters. The molecule has 2 nitrogen and oxygen atoms in total. The quantitative estimate of drug-likeness (QED) is 0.724. The topological polar surface area (TPSA) is 20.3 Å². The molecule has 0 aliphatic carbocycles. The standard InChI is InChI=1S/C9H8BrClFNO/c1-13(2)9(14)5-3-7(11)6(10)4-8(5)12/h3-4H,1-2H3. The van der Waals surface area contributed by atoms with Crippen molar-refractivity contribution in [2.45, 2.75) is 0 Å². The summed E-state index contributed by atoms with van der Waals surface area (Å²) < 4.78 is 13.7. The van der Waals surface area contributed by atoms with Gasteiger partial charge in [0, 0.05) is 18.6 Å². The Morgan fingerprint density at radius 1 is 1.50 bits per heavy atom. The van der Waals surface area contributed by atoms with Gasteiger partial charge in [0.2, 0.25) is 0 Å². The Kier molecular flexibility index (Phi) is 3.50. The molecular weight excluding hydrogens is 272 g/mol. The summed E-state index contributed by atoms with van der Waals surface area (Å²) in [6.45, 7) is 0. The molecule has 0 spiro atoms. The minimum atomic E-state index is -0.583. The van der Waals surface area contributed by atoms with Crippen LogP contribution in [0.15, 0.2) is 16.6 Å². The van der Waals surface area contributed by atoms with Gasteiger partial charge in [-0.05, 0) is 28.1 Å². The molecule has 0 heterocycles. The van der Waals surface area contributed by atoms with Crippen LogP contribution in [-0.2, 0) is 0 Å². The van der Waals surface area contributed by atoms with E-state index in [0.717, 1.165) is 0 Å². The normalized spacial score (nSPS) is 10.1. The maximum atomic E-state index is 13.3. The van der Waals surface area contributed by atoms with Gasteiger partial charge in [-0.1, -0.05) is 11.6 Å². The highest BCUT2D eigenvalue weighted by atomic mass is 79.9. The molecule has 1 rings (SSSR count). The summed E-state index contributed by atoms with van der Waals surface area (Å²) in [5, 5.41) is 0.316. The SMILES string of the molecule is CN(C)C(=O)c1cc(Cl)c(Br)cc1F. The number of hydrogen-bond acceptors (Lipinski definition) is 1.